The topological polar surface area (TPSA) is 42.9 Å². The number of nitrogens with zero attached hydrogens (tertiary/aromatic N) is 2. The van der Waals surface area contributed by atoms with Crippen LogP contribution in [0, 0.1) is 5.41 Å². The SMILES string of the molecule is CC1(C)CC(=O)c2cnc(-c3ccsc3)nc2C1. The van der Waals surface area contributed by atoms with E-state index in [0.29, 0.717) is 12.0 Å². The van der Waals surface area contributed by atoms with Gasteiger partial charge < -0.3 is 0 Å². The van der Waals surface area contributed by atoms with Gasteiger partial charge in [-0.15, -0.1) is 0 Å². The molecular formula is C14H14N2OS. The first-order chi connectivity index (χ1) is 8.55. The van der Waals surface area contributed by atoms with Crippen molar-refractivity contribution in [2.24, 2.45) is 5.41 Å². The number of hydrogen-bond acceptors (Lipinski definition) is 4. The van der Waals surface area contributed by atoms with E-state index < -0.39 is 0 Å². The zero-order chi connectivity index (χ0) is 12.8. The Kier molecular flexibility index (Phi) is 2.55. The summed E-state index contributed by atoms with van der Waals surface area (Å²) in [4.78, 5) is 20.9. The predicted molar refractivity (Wildman–Crippen MR) is 71.8 cm³/mol. The maximum atomic E-state index is 12.0. The number of hydrogen-bond donors (Lipinski definition) is 0. The largest absolute Gasteiger partial charge is 0.294 e. The summed E-state index contributed by atoms with van der Waals surface area (Å²) in [5.41, 5.74) is 2.63. The van der Waals surface area contributed by atoms with Crippen molar-refractivity contribution in [3.05, 3.63) is 34.3 Å². The number of carbonyl (C=O) groups excluding carboxylic acids is 1. The Morgan fingerprint density at radius 1 is 1.33 bits per heavy atom. The lowest BCUT2D eigenvalue weighted by Gasteiger charge is -2.29. The zero-order valence-electron chi connectivity index (χ0n) is 10.4. The molecule has 0 amide bonds. The molecule has 2 aromatic rings. The molecule has 92 valence electrons. The van der Waals surface area contributed by atoms with Gasteiger partial charge >= 0.3 is 0 Å². The Bertz CT molecular complexity index is 602. The highest BCUT2D eigenvalue weighted by atomic mass is 32.1. The van der Waals surface area contributed by atoms with Crippen LogP contribution in [0.25, 0.3) is 11.4 Å². The highest BCUT2D eigenvalue weighted by molar-refractivity contribution is 7.08. The number of carbonyl (C=O) groups is 1. The second kappa shape index (κ2) is 3.99. The average molecular weight is 258 g/mol. The smallest absolute Gasteiger partial charge is 0.166 e. The molecule has 2 heterocycles. The highest BCUT2D eigenvalue weighted by Gasteiger charge is 2.32. The molecule has 0 bridgehead atoms. The van der Waals surface area contributed by atoms with Gasteiger partial charge in [-0.05, 0) is 23.3 Å². The molecule has 0 aromatic carbocycles. The number of ketones is 1. The Balaban J connectivity index is 2.08. The molecule has 0 saturated carbocycles. The molecule has 0 spiro atoms. The van der Waals surface area contributed by atoms with Gasteiger partial charge in [0.05, 0.1) is 11.3 Å². The lowest BCUT2D eigenvalue weighted by Crippen LogP contribution is -2.28. The van der Waals surface area contributed by atoms with Crippen LogP contribution in [0.4, 0.5) is 0 Å². The molecule has 3 rings (SSSR count). The number of fused-ring (bicyclic) bond motifs is 1. The van der Waals surface area contributed by atoms with Crippen LogP contribution >= 0.6 is 11.3 Å². The molecule has 0 saturated heterocycles. The standard InChI is InChI=1S/C14H14N2OS/c1-14(2)5-11-10(12(17)6-14)7-15-13(16-11)9-3-4-18-8-9/h3-4,7-8H,5-6H2,1-2H3. The highest BCUT2D eigenvalue weighted by Crippen LogP contribution is 2.34. The molecule has 0 unspecified atom stereocenters. The second-order valence-corrected chi connectivity index (χ2v) is 6.29. The molecule has 0 N–H and O–H groups in total. The minimum absolute atomic E-state index is 0.00432. The van der Waals surface area contributed by atoms with Gasteiger partial charge in [0.1, 0.15) is 0 Å². The summed E-state index contributed by atoms with van der Waals surface area (Å²) in [5, 5.41) is 4.03. The molecule has 0 fully saturated rings. The number of aromatic nitrogens is 2. The van der Waals surface area contributed by atoms with Crippen molar-refractivity contribution in [1.29, 1.82) is 0 Å². The zero-order valence-corrected chi connectivity index (χ0v) is 11.3. The second-order valence-electron chi connectivity index (χ2n) is 5.51. The third kappa shape index (κ3) is 1.97. The van der Waals surface area contributed by atoms with Crippen molar-refractivity contribution >= 4 is 17.1 Å². The van der Waals surface area contributed by atoms with E-state index in [0.717, 1.165) is 23.5 Å². The fraction of sp³-hybridized carbons (Fsp3) is 0.357. The molecular weight excluding hydrogens is 244 g/mol. The van der Waals surface area contributed by atoms with E-state index in [2.05, 4.69) is 23.8 Å². The summed E-state index contributed by atoms with van der Waals surface area (Å²) >= 11 is 1.63. The quantitative estimate of drug-likeness (QED) is 0.787. The van der Waals surface area contributed by atoms with Crippen LogP contribution in [-0.4, -0.2) is 15.8 Å². The van der Waals surface area contributed by atoms with Crippen LogP contribution in [0.3, 0.4) is 0 Å². The van der Waals surface area contributed by atoms with Crippen LogP contribution in [0.5, 0.6) is 0 Å². The van der Waals surface area contributed by atoms with Gasteiger partial charge in [-0.3, -0.25) is 4.79 Å². The fourth-order valence-corrected chi connectivity index (χ4v) is 3.00. The van der Waals surface area contributed by atoms with Gasteiger partial charge in [0.2, 0.25) is 0 Å². The van der Waals surface area contributed by atoms with Gasteiger partial charge in [-0.25, -0.2) is 9.97 Å². The van der Waals surface area contributed by atoms with Crippen LogP contribution in [-0.2, 0) is 6.42 Å². The Hall–Kier alpha value is -1.55. The maximum Gasteiger partial charge on any atom is 0.166 e. The van der Waals surface area contributed by atoms with E-state index in [9.17, 15) is 4.79 Å². The van der Waals surface area contributed by atoms with Gasteiger partial charge in [-0.1, -0.05) is 13.8 Å². The lowest BCUT2D eigenvalue weighted by molar-refractivity contribution is 0.0910. The van der Waals surface area contributed by atoms with E-state index in [4.69, 9.17) is 0 Å². The first kappa shape index (κ1) is 11.5. The molecule has 3 nitrogen and oxygen atoms in total. The lowest BCUT2D eigenvalue weighted by atomic mass is 9.76. The normalized spacial score (nSPS) is 17.6. The van der Waals surface area contributed by atoms with Crippen molar-refractivity contribution < 1.29 is 4.79 Å². The summed E-state index contributed by atoms with van der Waals surface area (Å²) in [6.45, 7) is 4.22. The third-order valence-corrected chi connectivity index (χ3v) is 3.92. The van der Waals surface area contributed by atoms with Crippen molar-refractivity contribution in [3.63, 3.8) is 0 Å². The number of Topliss-reactive ketones (excluding diaryl/α,β-unsaturated/α-hetero) is 1. The van der Waals surface area contributed by atoms with E-state index in [-0.39, 0.29) is 11.2 Å². The number of rotatable bonds is 1. The van der Waals surface area contributed by atoms with Crippen LogP contribution < -0.4 is 0 Å². The van der Waals surface area contributed by atoms with Crippen LogP contribution in [0.2, 0.25) is 0 Å². The molecule has 1 aliphatic carbocycles. The van der Waals surface area contributed by atoms with Crippen molar-refractivity contribution in [1.82, 2.24) is 9.97 Å². The van der Waals surface area contributed by atoms with E-state index in [1.54, 1.807) is 17.5 Å². The van der Waals surface area contributed by atoms with Gasteiger partial charge in [0.25, 0.3) is 0 Å². The monoisotopic (exact) mass is 258 g/mol. The van der Waals surface area contributed by atoms with Gasteiger partial charge in [0.15, 0.2) is 11.6 Å². The van der Waals surface area contributed by atoms with Crippen molar-refractivity contribution in [3.8, 4) is 11.4 Å². The summed E-state index contributed by atoms with van der Waals surface area (Å²) in [7, 11) is 0. The fourth-order valence-electron chi connectivity index (χ4n) is 2.36. The summed E-state index contributed by atoms with van der Waals surface area (Å²) in [6, 6.07) is 2.00. The minimum Gasteiger partial charge on any atom is -0.294 e. The molecule has 0 aliphatic heterocycles. The molecule has 2 aromatic heterocycles. The average Bonchev–Trinajstić information content (AvgIpc) is 2.79. The third-order valence-electron chi connectivity index (χ3n) is 3.23. The minimum atomic E-state index is 0.00432. The summed E-state index contributed by atoms with van der Waals surface area (Å²) in [5.74, 6) is 0.888. The van der Waals surface area contributed by atoms with E-state index >= 15 is 0 Å². The predicted octanol–water partition coefficient (Wildman–Crippen LogP) is 3.36. The molecule has 18 heavy (non-hydrogen) atoms. The molecule has 4 heteroatoms. The van der Waals surface area contributed by atoms with E-state index in [1.807, 2.05) is 16.8 Å². The molecule has 1 aliphatic rings. The van der Waals surface area contributed by atoms with E-state index in [1.165, 1.54) is 0 Å². The number of thiophene rings is 1. The summed E-state index contributed by atoms with van der Waals surface area (Å²) in [6.07, 6.45) is 3.11. The molecule has 0 radical (unpaired) electrons. The molecule has 0 atom stereocenters. The Labute approximate surface area is 110 Å². The Morgan fingerprint density at radius 3 is 2.89 bits per heavy atom. The Morgan fingerprint density at radius 2 is 2.17 bits per heavy atom. The van der Waals surface area contributed by atoms with Gasteiger partial charge in [0, 0.05) is 23.6 Å². The van der Waals surface area contributed by atoms with Crippen LogP contribution in [0.1, 0.15) is 36.3 Å². The van der Waals surface area contributed by atoms with Crippen molar-refractivity contribution in [2.75, 3.05) is 0 Å². The first-order valence-electron chi connectivity index (χ1n) is 5.97. The van der Waals surface area contributed by atoms with Crippen LogP contribution in [0.15, 0.2) is 23.0 Å². The van der Waals surface area contributed by atoms with Crippen molar-refractivity contribution in [2.45, 2.75) is 26.7 Å². The first-order valence-corrected chi connectivity index (χ1v) is 6.91. The van der Waals surface area contributed by atoms with Gasteiger partial charge in [-0.2, -0.15) is 11.3 Å². The maximum absolute atomic E-state index is 12.0. The summed E-state index contributed by atoms with van der Waals surface area (Å²) < 4.78 is 0.